The SMILES string of the molecule is Cc1ccc(S(=O)(=O)O)cc1.NC/C(=C\F)COc1ccc2nc(C34CC5CC(CC(C5)C3)C4)oc2c1. The number of hydrogen-bond acceptors (Lipinski definition) is 6. The molecule has 4 bridgehead atoms. The molecule has 3 N–H and O–H groups in total. The lowest BCUT2D eigenvalue weighted by Crippen LogP contribution is -2.48. The molecule has 0 unspecified atom stereocenters. The lowest BCUT2D eigenvalue weighted by atomic mass is 9.49. The van der Waals surface area contributed by atoms with Crippen LogP contribution < -0.4 is 10.5 Å². The second-order valence-corrected chi connectivity index (χ2v) is 12.3. The van der Waals surface area contributed by atoms with Gasteiger partial charge in [-0.1, -0.05) is 17.7 Å². The molecule has 198 valence electrons. The predicted molar refractivity (Wildman–Crippen MR) is 139 cm³/mol. The molecule has 0 saturated heterocycles. The molecule has 4 aliphatic carbocycles. The summed E-state index contributed by atoms with van der Waals surface area (Å²) in [6, 6.07) is 11.6. The van der Waals surface area contributed by atoms with Crippen molar-refractivity contribution in [1.82, 2.24) is 4.98 Å². The third-order valence-corrected chi connectivity index (χ3v) is 8.88. The van der Waals surface area contributed by atoms with Gasteiger partial charge in [-0.25, -0.2) is 9.37 Å². The quantitative estimate of drug-likeness (QED) is 0.393. The number of oxazole rings is 1. The Morgan fingerprint density at radius 1 is 1.14 bits per heavy atom. The van der Waals surface area contributed by atoms with Gasteiger partial charge in [-0.2, -0.15) is 8.42 Å². The Morgan fingerprint density at radius 3 is 2.30 bits per heavy atom. The lowest BCUT2D eigenvalue weighted by Gasteiger charge is -2.55. The smallest absolute Gasteiger partial charge is 0.294 e. The van der Waals surface area contributed by atoms with Crippen LogP contribution in [0.3, 0.4) is 0 Å². The number of rotatable bonds is 6. The van der Waals surface area contributed by atoms with Crippen molar-refractivity contribution < 1.29 is 26.5 Å². The van der Waals surface area contributed by atoms with Gasteiger partial charge in [0.1, 0.15) is 17.9 Å². The predicted octanol–water partition coefficient (Wildman–Crippen LogP) is 5.73. The fourth-order valence-electron chi connectivity index (χ4n) is 6.62. The molecule has 4 fully saturated rings. The normalized spacial score (nSPS) is 26.7. The first-order valence-corrected chi connectivity index (χ1v) is 14.2. The summed E-state index contributed by atoms with van der Waals surface area (Å²) in [5.41, 5.74) is 8.64. The molecule has 37 heavy (non-hydrogen) atoms. The van der Waals surface area contributed by atoms with E-state index in [1.54, 1.807) is 12.1 Å². The molecule has 1 aromatic heterocycles. The number of nitrogens with zero attached hydrogens (tertiary/aromatic N) is 1. The van der Waals surface area contributed by atoms with E-state index in [0.717, 1.165) is 40.3 Å². The van der Waals surface area contributed by atoms with Crippen LogP contribution in [0.1, 0.15) is 50.0 Å². The standard InChI is InChI=1S/C21H25FN2O2.C7H8O3S/c22-10-16(11-23)12-25-17-1-2-18-19(6-17)26-20(24-18)21-7-13-3-14(8-21)5-15(4-13)9-21;1-6-2-4-7(5-3-6)11(8,9)10/h1-2,6,10,13-15H,3-5,7-9,11-12,23H2;2-5H,1H3,(H,8,9,10)/b16-10+;. The first-order valence-electron chi connectivity index (χ1n) is 12.7. The number of aryl methyl sites for hydroxylation is 1. The summed E-state index contributed by atoms with van der Waals surface area (Å²) >= 11 is 0. The van der Waals surface area contributed by atoms with Crippen molar-refractivity contribution in [1.29, 1.82) is 0 Å². The average molecular weight is 529 g/mol. The fourth-order valence-corrected chi connectivity index (χ4v) is 7.10. The van der Waals surface area contributed by atoms with Gasteiger partial charge < -0.3 is 14.9 Å². The van der Waals surface area contributed by atoms with E-state index in [9.17, 15) is 12.8 Å². The van der Waals surface area contributed by atoms with Gasteiger partial charge in [0.15, 0.2) is 5.58 Å². The maximum atomic E-state index is 12.6. The number of hydrogen-bond donors (Lipinski definition) is 2. The minimum atomic E-state index is -4.02. The van der Waals surface area contributed by atoms with Gasteiger partial charge in [0.25, 0.3) is 10.1 Å². The van der Waals surface area contributed by atoms with Gasteiger partial charge in [-0.3, -0.25) is 4.55 Å². The minimum Gasteiger partial charge on any atom is -0.489 e. The van der Waals surface area contributed by atoms with Crippen LogP contribution in [0.2, 0.25) is 0 Å². The highest BCUT2D eigenvalue weighted by atomic mass is 32.2. The van der Waals surface area contributed by atoms with Crippen LogP contribution >= 0.6 is 0 Å². The molecule has 2 aromatic carbocycles. The van der Waals surface area contributed by atoms with E-state index in [1.807, 2.05) is 25.1 Å². The zero-order valence-corrected chi connectivity index (χ0v) is 21.7. The van der Waals surface area contributed by atoms with Gasteiger partial charge in [0, 0.05) is 23.6 Å². The Labute approximate surface area is 216 Å². The first-order chi connectivity index (χ1) is 17.7. The Kier molecular flexibility index (Phi) is 7.13. The second kappa shape index (κ2) is 10.2. The summed E-state index contributed by atoms with van der Waals surface area (Å²) in [6.07, 6.45) is 8.43. The summed E-state index contributed by atoms with van der Waals surface area (Å²) in [4.78, 5) is 4.79. The van der Waals surface area contributed by atoms with E-state index in [1.165, 1.54) is 50.7 Å². The number of aromatic nitrogens is 1. The molecule has 3 aromatic rings. The van der Waals surface area contributed by atoms with Gasteiger partial charge >= 0.3 is 0 Å². The molecular weight excluding hydrogens is 495 g/mol. The van der Waals surface area contributed by atoms with Crippen LogP contribution in [0.25, 0.3) is 11.1 Å². The summed E-state index contributed by atoms with van der Waals surface area (Å²) in [7, 11) is -4.02. The third-order valence-electron chi connectivity index (χ3n) is 8.01. The molecule has 9 heteroatoms. The number of nitrogens with two attached hydrogens (primary N) is 1. The average Bonchev–Trinajstić information content (AvgIpc) is 3.29. The molecule has 0 radical (unpaired) electrons. The van der Waals surface area contributed by atoms with Crippen LogP contribution in [0.15, 0.2) is 63.7 Å². The van der Waals surface area contributed by atoms with Crippen LogP contribution in [-0.4, -0.2) is 31.1 Å². The highest BCUT2D eigenvalue weighted by molar-refractivity contribution is 7.85. The van der Waals surface area contributed by atoms with Gasteiger partial charge in [0.2, 0.25) is 5.89 Å². The summed E-state index contributed by atoms with van der Waals surface area (Å²) < 4.78 is 54.1. The van der Waals surface area contributed by atoms with E-state index in [-0.39, 0.29) is 23.5 Å². The molecule has 4 saturated carbocycles. The zero-order valence-electron chi connectivity index (χ0n) is 20.9. The Hall–Kier alpha value is -2.75. The number of ether oxygens (including phenoxy) is 1. The van der Waals surface area contributed by atoms with Gasteiger partial charge in [-0.15, -0.1) is 0 Å². The highest BCUT2D eigenvalue weighted by Gasteiger charge is 2.54. The van der Waals surface area contributed by atoms with Crippen LogP contribution in [-0.2, 0) is 15.5 Å². The van der Waals surface area contributed by atoms with E-state index in [0.29, 0.717) is 17.7 Å². The molecule has 1 heterocycles. The summed E-state index contributed by atoms with van der Waals surface area (Å²) in [6.45, 7) is 2.14. The van der Waals surface area contributed by atoms with Gasteiger partial charge in [-0.05, 0) is 87.5 Å². The molecule has 0 spiro atoms. The number of halogens is 1. The van der Waals surface area contributed by atoms with Gasteiger partial charge in [0.05, 0.1) is 11.2 Å². The van der Waals surface area contributed by atoms with Crippen molar-refractivity contribution in [2.45, 2.75) is 55.8 Å². The van der Waals surface area contributed by atoms with Crippen molar-refractivity contribution in [3.05, 3.63) is 65.8 Å². The van der Waals surface area contributed by atoms with Crippen molar-refractivity contribution in [2.75, 3.05) is 13.2 Å². The Morgan fingerprint density at radius 2 is 1.76 bits per heavy atom. The van der Waals surface area contributed by atoms with Crippen LogP contribution in [0, 0.1) is 24.7 Å². The topological polar surface area (TPSA) is 116 Å². The third kappa shape index (κ3) is 5.58. The highest BCUT2D eigenvalue weighted by Crippen LogP contribution is 2.60. The molecule has 7 rings (SSSR count). The fraction of sp³-hybridized carbons (Fsp3) is 0.464. The monoisotopic (exact) mass is 528 g/mol. The van der Waals surface area contributed by atoms with Crippen molar-refractivity contribution in [3.63, 3.8) is 0 Å². The van der Waals surface area contributed by atoms with Crippen LogP contribution in [0.5, 0.6) is 5.75 Å². The molecular formula is C28H33FN2O5S. The van der Waals surface area contributed by atoms with E-state index in [2.05, 4.69) is 0 Å². The number of benzene rings is 2. The summed E-state index contributed by atoms with van der Waals surface area (Å²) in [5.74, 6) is 4.15. The van der Waals surface area contributed by atoms with Crippen LogP contribution in [0.4, 0.5) is 4.39 Å². The zero-order chi connectivity index (χ0) is 26.2. The molecule has 0 amide bonds. The Balaban J connectivity index is 0.000000215. The Bertz CT molecular complexity index is 1360. The van der Waals surface area contributed by atoms with Crippen molar-refractivity contribution >= 4 is 21.2 Å². The van der Waals surface area contributed by atoms with Crippen molar-refractivity contribution in [3.8, 4) is 5.75 Å². The maximum Gasteiger partial charge on any atom is 0.294 e. The van der Waals surface area contributed by atoms with E-state index >= 15 is 0 Å². The number of fused-ring (bicyclic) bond motifs is 1. The van der Waals surface area contributed by atoms with Crippen molar-refractivity contribution in [2.24, 2.45) is 23.5 Å². The maximum absolute atomic E-state index is 12.6. The largest absolute Gasteiger partial charge is 0.489 e. The van der Waals surface area contributed by atoms with E-state index in [4.69, 9.17) is 24.4 Å². The molecule has 0 aliphatic heterocycles. The second-order valence-electron chi connectivity index (χ2n) is 10.9. The minimum absolute atomic E-state index is 0.0666. The molecule has 7 nitrogen and oxygen atoms in total. The molecule has 0 atom stereocenters. The first kappa shape index (κ1) is 25.9. The van der Waals surface area contributed by atoms with E-state index < -0.39 is 10.1 Å². The summed E-state index contributed by atoms with van der Waals surface area (Å²) in [5, 5.41) is 0. The molecule has 4 aliphatic rings. The lowest BCUT2D eigenvalue weighted by molar-refractivity contribution is -0.0170.